The summed E-state index contributed by atoms with van der Waals surface area (Å²) in [6, 6.07) is 0.959. The monoisotopic (exact) mass is 1050 g/mol. The minimum atomic E-state index is -0.632. The number of nitrogens with zero attached hydrogens (tertiary/aromatic N) is 5. The van der Waals surface area contributed by atoms with Crippen molar-refractivity contribution in [2.75, 3.05) is 171 Å². The highest BCUT2D eigenvalue weighted by Crippen LogP contribution is 2.28. The maximum atomic E-state index is 13.6. The number of likely N-dealkylation sites (tertiary alicyclic amines) is 1. The molecule has 0 spiro atoms. The molecule has 4 N–H and O–H groups in total. The Kier molecular flexibility index (Phi) is 31.0. The van der Waals surface area contributed by atoms with Gasteiger partial charge in [0.25, 0.3) is 23.6 Å². The number of hydroxylamine groups is 2. The number of hydrogen-bond acceptors (Lipinski definition) is 20. The van der Waals surface area contributed by atoms with Crippen molar-refractivity contribution in [2.45, 2.75) is 45.6 Å². The molecule has 0 unspecified atom stereocenters. The van der Waals surface area contributed by atoms with Crippen molar-refractivity contribution in [3.8, 4) is 0 Å². The fourth-order valence-corrected chi connectivity index (χ4v) is 7.21. The molecule has 0 aromatic carbocycles. The molecule has 1 atom stereocenters. The Hall–Kier alpha value is -5.32. The van der Waals surface area contributed by atoms with Crippen LogP contribution in [-0.2, 0) is 76.2 Å². The summed E-state index contributed by atoms with van der Waals surface area (Å²) in [6.07, 6.45) is 7.35. The predicted molar refractivity (Wildman–Crippen MR) is 266 cm³/mol. The fraction of sp³-hybridized carbons (Fsp3) is 0.673. The Morgan fingerprint density at radius 1 is 0.689 bits per heavy atom. The first-order valence-electron chi connectivity index (χ1n) is 25.3. The van der Waals surface area contributed by atoms with E-state index in [-0.39, 0.29) is 68.4 Å². The van der Waals surface area contributed by atoms with Crippen molar-refractivity contribution in [3.05, 3.63) is 41.2 Å². The number of rotatable bonds is 42. The molecule has 1 aromatic rings. The molecule has 3 aliphatic rings. The van der Waals surface area contributed by atoms with E-state index in [1.54, 1.807) is 17.0 Å². The third-order valence-electron chi connectivity index (χ3n) is 10.8. The summed E-state index contributed by atoms with van der Waals surface area (Å²) >= 11 is 0. The van der Waals surface area contributed by atoms with Crippen molar-refractivity contribution >= 4 is 53.0 Å². The molecule has 3 aliphatic heterocycles. The number of nitrogens with one attached hydrogen (secondary N) is 2. The lowest BCUT2D eigenvalue weighted by atomic mass is 10.1. The number of carbonyl (C=O) groups is 6. The summed E-state index contributed by atoms with van der Waals surface area (Å²) < 4.78 is 55.0. The SMILES string of the molecule is CCCN(OCC)C(=O)C1=Cc2ncc(C(=O)N3CCC[C@H]3C(=O)NCCOCCOCCOCCOCCOCCOCCOCCOCCOCCOCCNC(=O)CN3C(=O)C=CC3=O)cc2N=C(N)C1. The molecule has 1 fully saturated rings. The fourth-order valence-electron chi connectivity index (χ4n) is 7.21. The van der Waals surface area contributed by atoms with E-state index >= 15 is 0 Å². The van der Waals surface area contributed by atoms with E-state index < -0.39 is 23.8 Å². The summed E-state index contributed by atoms with van der Waals surface area (Å²) in [4.78, 5) is 91.5. The number of nitrogens with two attached hydrogens (primary N) is 1. The Labute approximate surface area is 432 Å². The zero-order chi connectivity index (χ0) is 53.0. The minimum Gasteiger partial charge on any atom is -0.387 e. The van der Waals surface area contributed by atoms with Gasteiger partial charge in [-0.25, -0.2) is 10.1 Å². The van der Waals surface area contributed by atoms with Crippen LogP contribution in [0.1, 0.15) is 55.6 Å². The van der Waals surface area contributed by atoms with Gasteiger partial charge in [-0.3, -0.25) is 43.5 Å². The molecule has 25 heteroatoms. The lowest BCUT2D eigenvalue weighted by Gasteiger charge is -2.24. The Morgan fingerprint density at radius 2 is 1.16 bits per heavy atom. The number of fused-ring (bicyclic) bond motifs is 1. The largest absolute Gasteiger partial charge is 0.387 e. The molecule has 25 nitrogen and oxygen atoms in total. The summed E-state index contributed by atoms with van der Waals surface area (Å²) in [7, 11) is 0. The number of ether oxygens (including phenoxy) is 10. The predicted octanol–water partition coefficient (Wildman–Crippen LogP) is -0.0245. The van der Waals surface area contributed by atoms with E-state index in [9.17, 15) is 28.8 Å². The van der Waals surface area contributed by atoms with Crippen LogP contribution in [-0.4, -0.2) is 239 Å². The van der Waals surface area contributed by atoms with Crippen LogP contribution >= 0.6 is 0 Å². The van der Waals surface area contributed by atoms with Gasteiger partial charge < -0.3 is 68.6 Å². The van der Waals surface area contributed by atoms with Crippen LogP contribution in [0.2, 0.25) is 0 Å². The summed E-state index contributed by atoms with van der Waals surface area (Å²) in [5.74, 6) is -2.14. The van der Waals surface area contributed by atoms with Crippen LogP contribution in [0.15, 0.2) is 35.0 Å². The molecule has 6 amide bonds. The van der Waals surface area contributed by atoms with E-state index in [0.717, 1.165) is 17.1 Å². The summed E-state index contributed by atoms with van der Waals surface area (Å²) in [6.45, 7) is 13.1. The standard InChI is InChI=1S/C49H76N8O17/c1-3-11-57(74-4-2)49(63)38-33-40-41(54-43(50)35-38)34-39(36-53-40)48(62)55-12-5-6-42(55)47(61)52-10-14-65-16-18-67-20-22-69-24-26-71-28-30-73-32-31-72-29-27-70-25-23-68-21-19-66-17-15-64-13-9-51-44(58)37-56-45(59)7-8-46(56)60/h7-8,33-34,36,42H,3-6,9-32,35,37H2,1-2H3,(H2,50,54)(H,51,58)(H,52,61)/t42-/m0/s1. The van der Waals surface area contributed by atoms with Gasteiger partial charge in [0.15, 0.2) is 0 Å². The van der Waals surface area contributed by atoms with Gasteiger partial charge in [-0.05, 0) is 38.3 Å². The molecule has 4 heterocycles. The number of amides is 6. The van der Waals surface area contributed by atoms with Gasteiger partial charge in [-0.1, -0.05) is 6.92 Å². The zero-order valence-electron chi connectivity index (χ0n) is 42.9. The number of imide groups is 1. The molecule has 0 bridgehead atoms. The molecule has 1 aromatic heterocycles. The highest BCUT2D eigenvalue weighted by molar-refractivity contribution is 6.14. The van der Waals surface area contributed by atoms with Crippen LogP contribution in [0, 0.1) is 0 Å². The van der Waals surface area contributed by atoms with Gasteiger partial charge in [0.1, 0.15) is 18.4 Å². The molecule has 0 saturated carbocycles. The van der Waals surface area contributed by atoms with Crippen LogP contribution in [0.5, 0.6) is 0 Å². The van der Waals surface area contributed by atoms with Crippen molar-refractivity contribution in [1.29, 1.82) is 0 Å². The highest BCUT2D eigenvalue weighted by atomic mass is 16.7. The molecule has 0 radical (unpaired) electrons. The number of amidine groups is 1. The first-order chi connectivity index (χ1) is 36.1. The second-order valence-corrected chi connectivity index (χ2v) is 16.4. The lowest BCUT2D eigenvalue weighted by Crippen LogP contribution is -2.46. The Balaban J connectivity index is 0.864. The third kappa shape index (κ3) is 23.9. The molecular weight excluding hydrogens is 973 g/mol. The van der Waals surface area contributed by atoms with Gasteiger partial charge >= 0.3 is 0 Å². The number of pyridine rings is 1. The van der Waals surface area contributed by atoms with E-state index in [1.165, 1.54) is 11.3 Å². The molecule has 74 heavy (non-hydrogen) atoms. The average molecular weight is 1050 g/mol. The number of carbonyl (C=O) groups excluding carboxylic acids is 6. The number of aromatic nitrogens is 1. The Bertz CT molecular complexity index is 1950. The molecule has 414 valence electrons. The van der Waals surface area contributed by atoms with Gasteiger partial charge in [-0.15, -0.1) is 0 Å². The van der Waals surface area contributed by atoms with Crippen LogP contribution in [0.25, 0.3) is 6.08 Å². The van der Waals surface area contributed by atoms with E-state index in [2.05, 4.69) is 20.6 Å². The van der Waals surface area contributed by atoms with E-state index in [4.69, 9.17) is 57.9 Å². The maximum absolute atomic E-state index is 13.6. The smallest absolute Gasteiger partial charge is 0.273 e. The lowest BCUT2D eigenvalue weighted by molar-refractivity contribution is -0.180. The minimum absolute atomic E-state index is 0.107. The Morgan fingerprint density at radius 3 is 1.64 bits per heavy atom. The first kappa shape index (κ1) is 61.2. The quantitative estimate of drug-likeness (QED) is 0.0440. The molecule has 4 rings (SSSR count). The molecule has 1 saturated heterocycles. The van der Waals surface area contributed by atoms with Crippen LogP contribution in [0.4, 0.5) is 5.69 Å². The van der Waals surface area contributed by atoms with Crippen LogP contribution < -0.4 is 16.4 Å². The number of aliphatic imine (C=N–C) groups is 1. The zero-order valence-corrected chi connectivity index (χ0v) is 42.9. The third-order valence-corrected chi connectivity index (χ3v) is 10.8. The first-order valence-corrected chi connectivity index (χ1v) is 25.3. The van der Waals surface area contributed by atoms with Crippen molar-refractivity contribution in [1.82, 2.24) is 30.5 Å². The average Bonchev–Trinajstić information content (AvgIpc) is 3.96. The van der Waals surface area contributed by atoms with Gasteiger partial charge in [0, 0.05) is 56.5 Å². The van der Waals surface area contributed by atoms with Crippen molar-refractivity contribution in [3.63, 3.8) is 0 Å². The second-order valence-electron chi connectivity index (χ2n) is 16.4. The van der Waals surface area contributed by atoms with E-state index in [0.29, 0.717) is 175 Å². The van der Waals surface area contributed by atoms with Crippen molar-refractivity contribution < 1.29 is 81.0 Å². The normalized spacial score (nSPS) is 15.3. The highest BCUT2D eigenvalue weighted by Gasteiger charge is 2.35. The van der Waals surface area contributed by atoms with Crippen molar-refractivity contribution in [2.24, 2.45) is 10.7 Å². The summed E-state index contributed by atoms with van der Waals surface area (Å²) in [5, 5.41) is 6.78. The number of hydrogen-bond donors (Lipinski definition) is 3. The van der Waals surface area contributed by atoms with Gasteiger partial charge in [0.05, 0.1) is 156 Å². The summed E-state index contributed by atoms with van der Waals surface area (Å²) in [5.41, 5.74) is 7.61. The topological polar surface area (TPSA) is 289 Å². The second kappa shape index (κ2) is 37.4. The van der Waals surface area contributed by atoms with E-state index in [1.807, 2.05) is 13.8 Å². The van der Waals surface area contributed by atoms with Gasteiger partial charge in [-0.2, -0.15) is 0 Å². The molecule has 0 aliphatic carbocycles. The van der Waals surface area contributed by atoms with Gasteiger partial charge in [0.2, 0.25) is 11.8 Å². The van der Waals surface area contributed by atoms with Crippen LogP contribution in [0.3, 0.4) is 0 Å². The molecular formula is C49H76N8O17. The maximum Gasteiger partial charge on any atom is 0.273 e.